The van der Waals surface area contributed by atoms with E-state index in [2.05, 4.69) is 24.8 Å². The first kappa shape index (κ1) is 20.1. The lowest BCUT2D eigenvalue weighted by Gasteiger charge is -2.37. The zero-order chi connectivity index (χ0) is 20.5. The van der Waals surface area contributed by atoms with Gasteiger partial charge in [-0.15, -0.1) is 0 Å². The summed E-state index contributed by atoms with van der Waals surface area (Å²) >= 11 is 0. The Morgan fingerprint density at radius 2 is 1.90 bits per heavy atom. The van der Waals surface area contributed by atoms with E-state index < -0.39 is 6.10 Å². The van der Waals surface area contributed by atoms with Gasteiger partial charge in [0.15, 0.2) is 0 Å². The summed E-state index contributed by atoms with van der Waals surface area (Å²) in [6, 6.07) is 14.0. The van der Waals surface area contributed by atoms with E-state index in [1.807, 2.05) is 48.2 Å². The molecule has 1 fully saturated rings. The lowest BCUT2D eigenvalue weighted by Crippen LogP contribution is -2.43. The van der Waals surface area contributed by atoms with Crippen molar-refractivity contribution < 1.29 is 9.90 Å². The van der Waals surface area contributed by atoms with Crippen molar-refractivity contribution in [1.82, 2.24) is 4.90 Å². The maximum Gasteiger partial charge on any atom is 0.258 e. The predicted molar refractivity (Wildman–Crippen MR) is 117 cm³/mol. The van der Waals surface area contributed by atoms with Gasteiger partial charge in [-0.1, -0.05) is 36.8 Å². The average Bonchev–Trinajstić information content (AvgIpc) is 3.16. The predicted octanol–water partition coefficient (Wildman–Crippen LogP) is 4.35. The molecule has 2 aliphatic heterocycles. The lowest BCUT2D eigenvalue weighted by molar-refractivity contribution is 0.0352. The number of hydrogen-bond donors (Lipinski definition) is 1. The minimum absolute atomic E-state index is 0.0488. The normalized spacial score (nSPS) is 21.7. The van der Waals surface area contributed by atoms with Gasteiger partial charge in [0.2, 0.25) is 0 Å². The highest BCUT2D eigenvalue weighted by Crippen LogP contribution is 2.33. The number of aryl methyl sites for hydroxylation is 1. The van der Waals surface area contributed by atoms with Gasteiger partial charge in [0.05, 0.1) is 6.10 Å². The van der Waals surface area contributed by atoms with Crippen LogP contribution in [-0.2, 0) is 6.42 Å². The van der Waals surface area contributed by atoms with Gasteiger partial charge in [0.25, 0.3) is 5.91 Å². The molecule has 2 heterocycles. The molecule has 0 radical (unpaired) electrons. The molecule has 0 aliphatic carbocycles. The highest BCUT2D eigenvalue weighted by Gasteiger charge is 2.29. The summed E-state index contributed by atoms with van der Waals surface area (Å²) in [4.78, 5) is 17.2. The zero-order valence-corrected chi connectivity index (χ0v) is 17.8. The van der Waals surface area contributed by atoms with Crippen LogP contribution in [0.15, 0.2) is 42.5 Å². The van der Waals surface area contributed by atoms with Gasteiger partial charge in [-0.25, -0.2) is 0 Å². The summed E-state index contributed by atoms with van der Waals surface area (Å²) in [6.45, 7) is 9.26. The number of carbonyl (C=O) groups excluding carboxylic acids is 1. The smallest absolute Gasteiger partial charge is 0.258 e. The van der Waals surface area contributed by atoms with Crippen LogP contribution >= 0.6 is 0 Å². The van der Waals surface area contributed by atoms with Crippen LogP contribution < -0.4 is 4.90 Å². The number of rotatable bonds is 4. The monoisotopic (exact) mass is 392 g/mol. The molecule has 2 aromatic rings. The third-order valence-electron chi connectivity index (χ3n) is 6.61. The van der Waals surface area contributed by atoms with Crippen LogP contribution in [0.2, 0.25) is 0 Å². The Kier molecular flexibility index (Phi) is 5.75. The maximum absolute atomic E-state index is 13.0. The van der Waals surface area contributed by atoms with Gasteiger partial charge in [-0.2, -0.15) is 0 Å². The summed E-state index contributed by atoms with van der Waals surface area (Å²) in [7, 11) is 0. The Hall–Kier alpha value is -2.17. The van der Waals surface area contributed by atoms with Crippen LogP contribution in [-0.4, -0.2) is 41.6 Å². The highest BCUT2D eigenvalue weighted by molar-refractivity contribution is 6.07. The molecule has 3 unspecified atom stereocenters. The van der Waals surface area contributed by atoms with Crippen LogP contribution in [0.4, 0.5) is 5.69 Å². The Labute approximate surface area is 174 Å². The molecule has 1 amide bonds. The number of piperidine rings is 1. The fraction of sp³-hybridized carbons (Fsp3) is 0.480. The Morgan fingerprint density at radius 3 is 2.62 bits per heavy atom. The van der Waals surface area contributed by atoms with Crippen LogP contribution in [0.25, 0.3) is 0 Å². The van der Waals surface area contributed by atoms with Crippen molar-refractivity contribution in [2.45, 2.75) is 52.2 Å². The summed E-state index contributed by atoms with van der Waals surface area (Å²) in [6.07, 6.45) is 2.82. The summed E-state index contributed by atoms with van der Waals surface area (Å²) in [5.41, 5.74) is 4.96. The number of likely N-dealkylation sites (tertiary alicyclic amines) is 1. The molecule has 4 heteroatoms. The molecular weight excluding hydrogens is 360 g/mol. The number of aliphatic hydroxyl groups is 1. The minimum Gasteiger partial charge on any atom is -0.387 e. The van der Waals surface area contributed by atoms with E-state index in [0.717, 1.165) is 47.5 Å². The second-order valence-corrected chi connectivity index (χ2v) is 8.89. The third kappa shape index (κ3) is 4.10. The molecule has 0 aromatic heterocycles. The van der Waals surface area contributed by atoms with Gasteiger partial charge in [-0.3, -0.25) is 9.69 Å². The number of anilines is 1. The van der Waals surface area contributed by atoms with E-state index >= 15 is 0 Å². The molecule has 3 atom stereocenters. The van der Waals surface area contributed by atoms with E-state index in [-0.39, 0.29) is 11.9 Å². The molecule has 29 heavy (non-hydrogen) atoms. The van der Waals surface area contributed by atoms with Gasteiger partial charge in [-0.05, 0) is 74.9 Å². The first-order valence-electron chi connectivity index (χ1n) is 10.9. The SMILES string of the molecule is Cc1ccc(C(=O)N2CCc3cc(C(O)C(C)N4CCCC(C)C4)ccc32)cc1. The third-order valence-corrected chi connectivity index (χ3v) is 6.61. The molecule has 0 bridgehead atoms. The van der Waals surface area contributed by atoms with E-state index in [1.165, 1.54) is 12.8 Å². The molecular formula is C25H32N2O2. The Balaban J connectivity index is 1.50. The number of aliphatic hydroxyl groups excluding tert-OH is 1. The van der Waals surface area contributed by atoms with Crippen molar-refractivity contribution in [1.29, 1.82) is 0 Å². The summed E-state index contributed by atoms with van der Waals surface area (Å²) in [5, 5.41) is 11.0. The molecule has 1 N–H and O–H groups in total. The molecule has 0 spiro atoms. The summed E-state index contributed by atoms with van der Waals surface area (Å²) in [5.74, 6) is 0.743. The van der Waals surface area contributed by atoms with Crippen LogP contribution in [0.1, 0.15) is 59.8 Å². The van der Waals surface area contributed by atoms with Gasteiger partial charge < -0.3 is 10.0 Å². The van der Waals surface area contributed by atoms with Crippen LogP contribution in [0.5, 0.6) is 0 Å². The second-order valence-electron chi connectivity index (χ2n) is 8.89. The molecule has 2 aliphatic rings. The van der Waals surface area contributed by atoms with Crippen molar-refractivity contribution in [3.63, 3.8) is 0 Å². The number of benzene rings is 2. The summed E-state index contributed by atoms with van der Waals surface area (Å²) < 4.78 is 0. The Morgan fingerprint density at radius 1 is 1.14 bits per heavy atom. The number of amides is 1. The molecule has 1 saturated heterocycles. The number of nitrogens with zero attached hydrogens (tertiary/aromatic N) is 2. The minimum atomic E-state index is -0.507. The zero-order valence-electron chi connectivity index (χ0n) is 17.8. The quantitative estimate of drug-likeness (QED) is 0.841. The number of carbonyl (C=O) groups is 1. The fourth-order valence-electron chi connectivity index (χ4n) is 4.74. The molecule has 2 aromatic carbocycles. The fourth-order valence-corrected chi connectivity index (χ4v) is 4.74. The second kappa shape index (κ2) is 8.29. The van der Waals surface area contributed by atoms with Gasteiger partial charge in [0.1, 0.15) is 0 Å². The van der Waals surface area contributed by atoms with Gasteiger partial charge >= 0.3 is 0 Å². The number of fused-ring (bicyclic) bond motifs is 1. The van der Waals surface area contributed by atoms with E-state index in [9.17, 15) is 9.90 Å². The van der Waals surface area contributed by atoms with Crippen molar-refractivity contribution >= 4 is 11.6 Å². The van der Waals surface area contributed by atoms with Gasteiger partial charge in [0, 0.05) is 30.4 Å². The first-order chi connectivity index (χ1) is 13.9. The van der Waals surface area contributed by atoms with E-state index in [1.54, 1.807) is 0 Å². The molecule has 0 saturated carbocycles. The van der Waals surface area contributed by atoms with E-state index in [0.29, 0.717) is 12.5 Å². The van der Waals surface area contributed by atoms with Crippen molar-refractivity contribution in [2.24, 2.45) is 5.92 Å². The molecule has 4 nitrogen and oxygen atoms in total. The topological polar surface area (TPSA) is 43.8 Å². The van der Waals surface area contributed by atoms with Crippen molar-refractivity contribution in [3.8, 4) is 0 Å². The highest BCUT2D eigenvalue weighted by atomic mass is 16.3. The van der Waals surface area contributed by atoms with Crippen LogP contribution in [0, 0.1) is 12.8 Å². The standard InChI is InChI=1S/C25H32N2O2/c1-17-6-8-20(9-7-17)25(29)27-14-12-21-15-22(10-11-23(21)27)24(28)19(3)26-13-4-5-18(2)16-26/h6-11,15,18-19,24,28H,4-5,12-14,16H2,1-3H3. The van der Waals surface area contributed by atoms with Crippen molar-refractivity contribution in [2.75, 3.05) is 24.5 Å². The first-order valence-corrected chi connectivity index (χ1v) is 10.9. The Bertz CT molecular complexity index is 877. The van der Waals surface area contributed by atoms with Crippen LogP contribution in [0.3, 0.4) is 0 Å². The molecule has 154 valence electrons. The maximum atomic E-state index is 13.0. The van der Waals surface area contributed by atoms with E-state index in [4.69, 9.17) is 0 Å². The molecule has 4 rings (SSSR count). The van der Waals surface area contributed by atoms with Crippen molar-refractivity contribution in [3.05, 3.63) is 64.7 Å². The number of hydrogen-bond acceptors (Lipinski definition) is 3. The largest absolute Gasteiger partial charge is 0.387 e. The lowest BCUT2D eigenvalue weighted by atomic mass is 9.94. The average molecular weight is 393 g/mol.